The van der Waals surface area contributed by atoms with Crippen LogP contribution in [0.4, 0.5) is 0 Å². The van der Waals surface area contributed by atoms with Crippen molar-refractivity contribution in [2.45, 2.75) is 20.0 Å². The molecular formula is C22H21N5O2S. The first kappa shape index (κ1) is 19.8. The summed E-state index contributed by atoms with van der Waals surface area (Å²) in [5.41, 5.74) is 2.84. The van der Waals surface area contributed by atoms with Gasteiger partial charge in [-0.25, -0.2) is 9.67 Å². The highest BCUT2D eigenvalue weighted by atomic mass is 32.1. The average Bonchev–Trinajstić information content (AvgIpc) is 3.41. The van der Waals surface area contributed by atoms with Crippen LogP contribution in [0.5, 0.6) is 0 Å². The van der Waals surface area contributed by atoms with Crippen molar-refractivity contribution in [1.82, 2.24) is 25.4 Å². The summed E-state index contributed by atoms with van der Waals surface area (Å²) in [5, 5.41) is 12.6. The van der Waals surface area contributed by atoms with Crippen LogP contribution in [-0.4, -0.2) is 33.1 Å². The van der Waals surface area contributed by atoms with Gasteiger partial charge >= 0.3 is 0 Å². The Morgan fingerprint density at radius 2 is 1.93 bits per heavy atom. The molecule has 0 saturated heterocycles. The zero-order valence-electron chi connectivity index (χ0n) is 16.5. The number of aryl methyl sites for hydroxylation is 1. The number of fused-ring (bicyclic) bond motifs is 1. The van der Waals surface area contributed by atoms with Gasteiger partial charge in [-0.2, -0.15) is 5.10 Å². The molecule has 0 radical (unpaired) electrons. The smallest absolute Gasteiger partial charge is 0.252 e. The van der Waals surface area contributed by atoms with Crippen LogP contribution in [0.3, 0.4) is 0 Å². The zero-order chi connectivity index (χ0) is 20.9. The summed E-state index contributed by atoms with van der Waals surface area (Å²) in [4.78, 5) is 30.6. The molecule has 0 unspecified atom stereocenters. The van der Waals surface area contributed by atoms with E-state index in [4.69, 9.17) is 0 Å². The third-order valence-electron chi connectivity index (χ3n) is 4.61. The number of thiophene rings is 1. The molecule has 3 aromatic heterocycles. The molecule has 3 heterocycles. The Morgan fingerprint density at radius 3 is 2.70 bits per heavy atom. The van der Waals surface area contributed by atoms with E-state index in [0.717, 1.165) is 10.4 Å². The number of benzene rings is 1. The maximum absolute atomic E-state index is 12.8. The summed E-state index contributed by atoms with van der Waals surface area (Å²) >= 11 is 1.65. The fourth-order valence-corrected chi connectivity index (χ4v) is 3.83. The van der Waals surface area contributed by atoms with E-state index in [2.05, 4.69) is 20.7 Å². The molecule has 7 nitrogen and oxygen atoms in total. The molecule has 0 fully saturated rings. The van der Waals surface area contributed by atoms with E-state index < -0.39 is 0 Å². The minimum absolute atomic E-state index is 0.0993. The molecule has 1 aromatic carbocycles. The number of amides is 2. The van der Waals surface area contributed by atoms with E-state index in [1.54, 1.807) is 28.3 Å². The van der Waals surface area contributed by atoms with Crippen molar-refractivity contribution in [1.29, 1.82) is 0 Å². The molecule has 0 aliphatic heterocycles. The molecular weight excluding hydrogens is 398 g/mol. The summed E-state index contributed by atoms with van der Waals surface area (Å²) in [6, 6.07) is 15.4. The van der Waals surface area contributed by atoms with Gasteiger partial charge in [-0.15, -0.1) is 11.3 Å². The Labute approximate surface area is 177 Å². The van der Waals surface area contributed by atoms with Crippen LogP contribution < -0.4 is 10.6 Å². The molecule has 4 rings (SSSR count). The van der Waals surface area contributed by atoms with Crippen LogP contribution in [-0.2, 0) is 17.9 Å². The lowest BCUT2D eigenvalue weighted by atomic mass is 10.1. The van der Waals surface area contributed by atoms with Crippen LogP contribution in [0.2, 0.25) is 0 Å². The SMILES string of the molecule is Cc1cc(C(=O)NCC(=O)NCc2ccccc2)c2cnn(Cc3cccs3)c2n1. The minimum atomic E-state index is -0.323. The van der Waals surface area contributed by atoms with E-state index in [1.807, 2.05) is 54.8 Å². The molecule has 0 aliphatic rings. The maximum atomic E-state index is 12.8. The van der Waals surface area contributed by atoms with Crippen LogP contribution >= 0.6 is 11.3 Å². The molecule has 0 spiro atoms. The van der Waals surface area contributed by atoms with Crippen molar-refractivity contribution >= 4 is 34.2 Å². The molecule has 0 bridgehead atoms. The Bertz CT molecular complexity index is 1170. The van der Waals surface area contributed by atoms with Gasteiger partial charge in [0.1, 0.15) is 0 Å². The summed E-state index contributed by atoms with van der Waals surface area (Å²) in [5.74, 6) is -0.571. The van der Waals surface area contributed by atoms with E-state index in [0.29, 0.717) is 35.4 Å². The standard InChI is InChI=1S/C22H21N5O2S/c1-15-10-18(19-12-25-27(21(19)26-15)14-17-8-5-9-30-17)22(29)24-13-20(28)23-11-16-6-3-2-4-7-16/h2-10,12H,11,13-14H2,1H3,(H,23,28)(H,24,29). The Morgan fingerprint density at radius 1 is 1.10 bits per heavy atom. The lowest BCUT2D eigenvalue weighted by molar-refractivity contribution is -0.120. The lowest BCUT2D eigenvalue weighted by Crippen LogP contribution is -2.36. The van der Waals surface area contributed by atoms with Crippen LogP contribution in [0.15, 0.2) is 60.1 Å². The number of pyridine rings is 1. The average molecular weight is 420 g/mol. The van der Waals surface area contributed by atoms with Crippen molar-refractivity contribution in [2.75, 3.05) is 6.54 Å². The van der Waals surface area contributed by atoms with Gasteiger partial charge in [-0.05, 0) is 30.0 Å². The van der Waals surface area contributed by atoms with Crippen molar-refractivity contribution in [3.8, 4) is 0 Å². The van der Waals surface area contributed by atoms with Crippen molar-refractivity contribution in [3.05, 3.63) is 81.8 Å². The van der Waals surface area contributed by atoms with Gasteiger partial charge < -0.3 is 10.6 Å². The van der Waals surface area contributed by atoms with Gasteiger partial charge in [0, 0.05) is 17.1 Å². The Kier molecular flexibility index (Phi) is 5.85. The molecule has 0 saturated carbocycles. The summed E-state index contributed by atoms with van der Waals surface area (Å²) in [7, 11) is 0. The summed E-state index contributed by atoms with van der Waals surface area (Å²) < 4.78 is 1.79. The van der Waals surface area contributed by atoms with Gasteiger partial charge in [-0.1, -0.05) is 36.4 Å². The molecule has 4 aromatic rings. The maximum Gasteiger partial charge on any atom is 0.252 e. The van der Waals surface area contributed by atoms with Crippen molar-refractivity contribution in [3.63, 3.8) is 0 Å². The molecule has 152 valence electrons. The summed E-state index contributed by atoms with van der Waals surface area (Å²) in [6.45, 7) is 2.76. The second kappa shape index (κ2) is 8.87. The van der Waals surface area contributed by atoms with E-state index in [-0.39, 0.29) is 18.4 Å². The Hall–Kier alpha value is -3.52. The highest BCUT2D eigenvalue weighted by Gasteiger charge is 2.17. The number of hydrogen-bond acceptors (Lipinski definition) is 5. The van der Waals surface area contributed by atoms with Crippen LogP contribution in [0.1, 0.15) is 26.5 Å². The van der Waals surface area contributed by atoms with Crippen molar-refractivity contribution in [2.24, 2.45) is 0 Å². The number of nitrogens with zero attached hydrogens (tertiary/aromatic N) is 3. The van der Waals surface area contributed by atoms with Gasteiger partial charge in [0.2, 0.25) is 5.91 Å². The molecule has 0 atom stereocenters. The van der Waals surface area contributed by atoms with Crippen LogP contribution in [0.25, 0.3) is 11.0 Å². The predicted octanol–water partition coefficient (Wildman–Crippen LogP) is 2.90. The number of carbonyl (C=O) groups is 2. The normalized spacial score (nSPS) is 10.8. The third-order valence-corrected chi connectivity index (χ3v) is 5.47. The third kappa shape index (κ3) is 4.55. The second-order valence-electron chi connectivity index (χ2n) is 6.88. The minimum Gasteiger partial charge on any atom is -0.350 e. The van der Waals surface area contributed by atoms with Gasteiger partial charge in [0.05, 0.1) is 30.2 Å². The molecule has 30 heavy (non-hydrogen) atoms. The first-order valence-electron chi connectivity index (χ1n) is 9.54. The number of rotatable bonds is 7. The highest BCUT2D eigenvalue weighted by molar-refractivity contribution is 7.09. The molecule has 2 amide bonds. The predicted molar refractivity (Wildman–Crippen MR) is 116 cm³/mol. The van der Waals surface area contributed by atoms with Gasteiger partial charge in [0.25, 0.3) is 5.91 Å². The first-order valence-corrected chi connectivity index (χ1v) is 10.4. The second-order valence-corrected chi connectivity index (χ2v) is 7.91. The lowest BCUT2D eigenvalue weighted by Gasteiger charge is -2.09. The number of aromatic nitrogens is 3. The highest BCUT2D eigenvalue weighted by Crippen LogP contribution is 2.20. The van der Waals surface area contributed by atoms with E-state index in [9.17, 15) is 9.59 Å². The largest absolute Gasteiger partial charge is 0.350 e. The summed E-state index contributed by atoms with van der Waals surface area (Å²) in [6.07, 6.45) is 1.65. The fourth-order valence-electron chi connectivity index (χ4n) is 3.14. The van der Waals surface area contributed by atoms with Gasteiger partial charge in [0.15, 0.2) is 5.65 Å². The number of nitrogens with one attached hydrogen (secondary N) is 2. The zero-order valence-corrected chi connectivity index (χ0v) is 17.3. The molecule has 2 N–H and O–H groups in total. The molecule has 0 aliphatic carbocycles. The quantitative estimate of drug-likeness (QED) is 0.482. The monoisotopic (exact) mass is 419 g/mol. The topological polar surface area (TPSA) is 88.9 Å². The van der Waals surface area contributed by atoms with Crippen LogP contribution in [0, 0.1) is 6.92 Å². The Balaban J connectivity index is 1.43. The first-order chi connectivity index (χ1) is 14.6. The van der Waals surface area contributed by atoms with Crippen molar-refractivity contribution < 1.29 is 9.59 Å². The number of hydrogen-bond donors (Lipinski definition) is 2. The van der Waals surface area contributed by atoms with Gasteiger partial charge in [-0.3, -0.25) is 9.59 Å². The molecule has 8 heteroatoms. The number of carbonyl (C=O) groups excluding carboxylic acids is 2. The van der Waals surface area contributed by atoms with E-state index in [1.165, 1.54) is 0 Å². The fraction of sp³-hybridized carbons (Fsp3) is 0.182. The van der Waals surface area contributed by atoms with E-state index >= 15 is 0 Å².